The third-order valence-electron chi connectivity index (χ3n) is 7.65. The summed E-state index contributed by atoms with van der Waals surface area (Å²) in [5.74, 6) is -0.434. The summed E-state index contributed by atoms with van der Waals surface area (Å²) < 4.78 is 5.25. The van der Waals surface area contributed by atoms with Gasteiger partial charge in [0.1, 0.15) is 11.9 Å². The van der Waals surface area contributed by atoms with Gasteiger partial charge in [0, 0.05) is 30.1 Å². The Bertz CT molecular complexity index is 1050. The van der Waals surface area contributed by atoms with Gasteiger partial charge in [0.05, 0.1) is 19.7 Å². The topological polar surface area (TPSA) is 105 Å². The molecule has 1 amide bonds. The van der Waals surface area contributed by atoms with Crippen LogP contribution in [0.1, 0.15) is 70.3 Å². The molecule has 194 valence electrons. The van der Waals surface area contributed by atoms with Crippen LogP contribution in [0.3, 0.4) is 0 Å². The molecule has 36 heavy (non-hydrogen) atoms. The largest absolute Gasteiger partial charge is 0.481 e. The van der Waals surface area contributed by atoms with Crippen molar-refractivity contribution in [3.05, 3.63) is 54.0 Å². The molecule has 1 aromatic carbocycles. The number of benzene rings is 1. The third kappa shape index (κ3) is 5.38. The highest BCUT2D eigenvalue weighted by molar-refractivity contribution is 5.87. The van der Waals surface area contributed by atoms with Crippen molar-refractivity contribution in [1.29, 1.82) is 0 Å². The second-order valence-corrected chi connectivity index (χ2v) is 11.0. The third-order valence-corrected chi connectivity index (χ3v) is 7.65. The lowest BCUT2D eigenvalue weighted by Crippen LogP contribution is -2.49. The van der Waals surface area contributed by atoms with Gasteiger partial charge in [-0.05, 0) is 23.8 Å². The summed E-state index contributed by atoms with van der Waals surface area (Å²) in [4.78, 5) is 37.4. The van der Waals surface area contributed by atoms with Crippen molar-refractivity contribution in [2.75, 3.05) is 7.11 Å². The summed E-state index contributed by atoms with van der Waals surface area (Å²) in [6, 6.07) is 9.84. The highest BCUT2D eigenvalue weighted by atomic mass is 16.5. The first kappa shape index (κ1) is 26.1. The van der Waals surface area contributed by atoms with Crippen molar-refractivity contribution in [1.82, 2.24) is 20.2 Å². The van der Waals surface area contributed by atoms with E-state index < -0.39 is 18.1 Å². The summed E-state index contributed by atoms with van der Waals surface area (Å²) in [5.41, 5.74) is 0.550. The molecule has 0 unspecified atom stereocenters. The minimum atomic E-state index is -0.957. The molecule has 4 rings (SSSR count). The van der Waals surface area contributed by atoms with E-state index in [1.807, 2.05) is 30.3 Å². The minimum absolute atomic E-state index is 0.0351. The number of aliphatic carboxylic acids is 1. The number of carboxylic acids is 1. The van der Waals surface area contributed by atoms with Gasteiger partial charge in [0.25, 0.3) is 0 Å². The minimum Gasteiger partial charge on any atom is -0.481 e. The number of rotatable bonds is 7. The first-order chi connectivity index (χ1) is 17.2. The number of hydrogen-bond donors (Lipinski definition) is 2. The summed E-state index contributed by atoms with van der Waals surface area (Å²) in [5, 5.41) is 14.1. The average Bonchev–Trinajstić information content (AvgIpc) is 3.24. The van der Waals surface area contributed by atoms with Gasteiger partial charge >= 0.3 is 5.97 Å². The number of nitrogens with zero attached hydrogens (tertiary/aromatic N) is 3. The Morgan fingerprint density at radius 1 is 1.11 bits per heavy atom. The van der Waals surface area contributed by atoms with E-state index in [-0.39, 0.29) is 29.2 Å². The zero-order chi connectivity index (χ0) is 25.9. The number of methoxy groups -OCH3 is 1. The lowest BCUT2D eigenvalue weighted by Gasteiger charge is -2.36. The summed E-state index contributed by atoms with van der Waals surface area (Å²) in [7, 11) is 1.56. The van der Waals surface area contributed by atoms with Crippen LogP contribution in [0.4, 0.5) is 0 Å². The van der Waals surface area contributed by atoms with Gasteiger partial charge in [-0.25, -0.2) is 9.78 Å². The van der Waals surface area contributed by atoms with Crippen molar-refractivity contribution in [2.45, 2.75) is 77.5 Å². The molecule has 4 atom stereocenters. The van der Waals surface area contributed by atoms with Crippen LogP contribution in [0.2, 0.25) is 0 Å². The fourth-order valence-corrected chi connectivity index (χ4v) is 6.08. The Morgan fingerprint density at radius 3 is 2.42 bits per heavy atom. The summed E-state index contributed by atoms with van der Waals surface area (Å²) in [6.45, 7) is 6.50. The molecule has 1 aliphatic carbocycles. The van der Waals surface area contributed by atoms with Crippen molar-refractivity contribution >= 4 is 11.9 Å². The van der Waals surface area contributed by atoms with E-state index in [0.29, 0.717) is 18.2 Å². The Kier molecular flexibility index (Phi) is 7.93. The number of aromatic nitrogens is 2. The zero-order valence-corrected chi connectivity index (χ0v) is 21.7. The second-order valence-electron chi connectivity index (χ2n) is 11.0. The van der Waals surface area contributed by atoms with Gasteiger partial charge in [0.15, 0.2) is 0 Å². The zero-order valence-electron chi connectivity index (χ0n) is 21.7. The van der Waals surface area contributed by atoms with E-state index in [0.717, 1.165) is 37.7 Å². The fraction of sp³-hybridized carbons (Fsp3) is 0.571. The molecule has 2 N–H and O–H groups in total. The second kappa shape index (κ2) is 10.9. The van der Waals surface area contributed by atoms with Crippen LogP contribution in [-0.2, 0) is 16.1 Å². The lowest BCUT2D eigenvalue weighted by molar-refractivity contribution is -0.154. The number of likely N-dealkylation sites (tertiary alicyclic amines) is 1. The van der Waals surface area contributed by atoms with Crippen LogP contribution < -0.4 is 10.1 Å². The van der Waals surface area contributed by atoms with E-state index >= 15 is 0 Å². The molecular weight excluding hydrogens is 456 g/mol. The SMILES string of the molecule is COc1ccnc(CN[C@@H]2[C@@H](C(C)(C)C)[C@H](C(=O)O)N(C(=O)C3CCCCC3)[C@@H]2c2ccccc2)n1. The normalized spacial score (nSPS) is 25.1. The number of hydrogen-bond acceptors (Lipinski definition) is 6. The molecule has 1 saturated carbocycles. The maximum absolute atomic E-state index is 14.1. The molecule has 0 spiro atoms. The van der Waals surface area contributed by atoms with Crippen molar-refractivity contribution in [3.8, 4) is 5.88 Å². The van der Waals surface area contributed by atoms with Crippen LogP contribution in [0.5, 0.6) is 5.88 Å². The van der Waals surface area contributed by atoms with Gasteiger partial charge in [0.2, 0.25) is 11.8 Å². The predicted octanol–water partition coefficient (Wildman–Crippen LogP) is 4.22. The monoisotopic (exact) mass is 494 g/mol. The molecule has 2 aliphatic rings. The van der Waals surface area contributed by atoms with E-state index in [1.165, 1.54) is 0 Å². The van der Waals surface area contributed by atoms with E-state index in [9.17, 15) is 14.7 Å². The smallest absolute Gasteiger partial charge is 0.326 e. The van der Waals surface area contributed by atoms with Gasteiger partial charge in [-0.3, -0.25) is 4.79 Å². The van der Waals surface area contributed by atoms with Crippen molar-refractivity contribution in [2.24, 2.45) is 17.3 Å². The molecule has 2 aromatic rings. The van der Waals surface area contributed by atoms with Gasteiger partial charge < -0.3 is 20.1 Å². The molecule has 2 heterocycles. The molecule has 8 nitrogen and oxygen atoms in total. The van der Waals surface area contributed by atoms with Crippen LogP contribution in [0.15, 0.2) is 42.6 Å². The Labute approximate surface area is 213 Å². The summed E-state index contributed by atoms with van der Waals surface area (Å²) in [6.07, 6.45) is 6.43. The highest BCUT2D eigenvalue weighted by Gasteiger charge is 2.58. The van der Waals surface area contributed by atoms with Gasteiger partial charge in [-0.1, -0.05) is 70.4 Å². The number of amides is 1. The number of carboxylic acid groups (broad SMARTS) is 1. The number of ether oxygens (including phenoxy) is 1. The molecule has 2 fully saturated rings. The quantitative estimate of drug-likeness (QED) is 0.594. The van der Waals surface area contributed by atoms with Crippen LogP contribution in [0, 0.1) is 17.3 Å². The number of carbonyl (C=O) groups excluding carboxylic acids is 1. The first-order valence-electron chi connectivity index (χ1n) is 12.9. The maximum atomic E-state index is 14.1. The van der Waals surface area contributed by atoms with E-state index in [1.54, 1.807) is 24.3 Å². The Hall–Kier alpha value is -3.00. The average molecular weight is 495 g/mol. The molecule has 0 bridgehead atoms. The Balaban J connectivity index is 1.78. The maximum Gasteiger partial charge on any atom is 0.326 e. The molecular formula is C28H38N4O4. The van der Waals surface area contributed by atoms with E-state index in [2.05, 4.69) is 36.1 Å². The molecule has 8 heteroatoms. The van der Waals surface area contributed by atoms with E-state index in [4.69, 9.17) is 4.74 Å². The molecule has 1 aromatic heterocycles. The fourth-order valence-electron chi connectivity index (χ4n) is 6.08. The lowest BCUT2D eigenvalue weighted by atomic mass is 9.72. The van der Waals surface area contributed by atoms with Crippen molar-refractivity contribution in [3.63, 3.8) is 0 Å². The van der Waals surface area contributed by atoms with Crippen LogP contribution >= 0.6 is 0 Å². The number of carbonyl (C=O) groups is 2. The molecule has 1 saturated heterocycles. The standard InChI is InChI=1S/C28H38N4O4/c1-28(2,3)22-23(30-17-20-29-16-15-21(31-20)36-4)24(18-11-7-5-8-12-18)32(25(22)27(34)35)26(33)19-13-9-6-10-14-19/h5,7-8,11-12,15-16,19,22-25,30H,6,9-10,13-14,17H2,1-4H3,(H,34,35)/t22-,23-,24-,25-/m1/s1. The van der Waals surface area contributed by atoms with Crippen LogP contribution in [-0.4, -0.2) is 51.0 Å². The highest BCUT2D eigenvalue weighted by Crippen LogP contribution is 2.49. The summed E-state index contributed by atoms with van der Waals surface area (Å²) >= 11 is 0. The number of nitrogens with one attached hydrogen (secondary N) is 1. The molecule has 0 radical (unpaired) electrons. The predicted molar refractivity (Wildman–Crippen MR) is 136 cm³/mol. The molecule has 1 aliphatic heterocycles. The van der Waals surface area contributed by atoms with Crippen molar-refractivity contribution < 1.29 is 19.4 Å². The van der Waals surface area contributed by atoms with Gasteiger partial charge in [-0.15, -0.1) is 0 Å². The van der Waals surface area contributed by atoms with Gasteiger partial charge in [-0.2, -0.15) is 4.98 Å². The first-order valence-corrected chi connectivity index (χ1v) is 12.9. The Morgan fingerprint density at radius 2 is 1.81 bits per heavy atom. The van der Waals surface area contributed by atoms with Crippen LogP contribution in [0.25, 0.3) is 0 Å².